The highest BCUT2D eigenvalue weighted by Gasteiger charge is 2.23. The molecule has 2 aromatic carbocycles. The fraction of sp³-hybridized carbons (Fsp3) is 0.200. The number of rotatable bonds is 4. The van der Waals surface area contributed by atoms with Crippen molar-refractivity contribution < 1.29 is 17.9 Å². The first-order valence-corrected chi connectivity index (χ1v) is 7.21. The van der Waals surface area contributed by atoms with Gasteiger partial charge in [-0.15, -0.1) is 0 Å². The number of ether oxygens (including phenoxy) is 1. The summed E-state index contributed by atoms with van der Waals surface area (Å²) in [6.45, 7) is 0. The van der Waals surface area contributed by atoms with Crippen LogP contribution < -0.4 is 10.1 Å². The molecule has 0 aliphatic carbocycles. The molecule has 0 saturated heterocycles. The van der Waals surface area contributed by atoms with E-state index in [9.17, 15) is 13.2 Å². The fourth-order valence-electron chi connectivity index (χ4n) is 2.15. The lowest BCUT2D eigenvalue weighted by atomic mass is 9.97. The van der Waals surface area contributed by atoms with Crippen molar-refractivity contribution in [3.8, 4) is 5.75 Å². The first-order valence-electron chi connectivity index (χ1n) is 6.13. The lowest BCUT2D eigenvalue weighted by Gasteiger charge is -2.20. The molecule has 0 fully saturated rings. The van der Waals surface area contributed by atoms with Crippen molar-refractivity contribution in [3.63, 3.8) is 0 Å². The second kappa shape index (κ2) is 6.65. The van der Waals surface area contributed by atoms with Crippen LogP contribution in [-0.4, -0.2) is 14.2 Å². The molecule has 2 rings (SSSR count). The molecule has 21 heavy (non-hydrogen) atoms. The van der Waals surface area contributed by atoms with Crippen molar-refractivity contribution >= 4 is 22.6 Å². The minimum Gasteiger partial charge on any atom is -0.497 e. The third-order valence-electron chi connectivity index (χ3n) is 3.14. The summed E-state index contributed by atoms with van der Waals surface area (Å²) >= 11 is 1.94. The van der Waals surface area contributed by atoms with Gasteiger partial charge < -0.3 is 10.1 Å². The predicted molar refractivity (Wildman–Crippen MR) is 82.9 cm³/mol. The number of benzene rings is 2. The first-order chi connectivity index (χ1) is 9.97. The summed E-state index contributed by atoms with van der Waals surface area (Å²) in [5.41, 5.74) is 0.477. The second-order valence-electron chi connectivity index (χ2n) is 4.39. The molecule has 0 aliphatic heterocycles. The normalized spacial score (nSPS) is 12.3. The van der Waals surface area contributed by atoms with Crippen molar-refractivity contribution in [2.24, 2.45) is 0 Å². The number of halogens is 4. The van der Waals surface area contributed by atoms with Crippen molar-refractivity contribution in [3.05, 3.63) is 62.5 Å². The molecule has 0 spiro atoms. The Hall–Kier alpha value is -1.28. The molecule has 1 unspecified atom stereocenters. The Balaban J connectivity index is 2.56. The fourth-order valence-corrected chi connectivity index (χ4v) is 2.93. The van der Waals surface area contributed by atoms with Crippen LogP contribution in [0, 0.1) is 21.0 Å². The van der Waals surface area contributed by atoms with Crippen LogP contribution in [0.3, 0.4) is 0 Å². The maximum atomic E-state index is 14.2. The van der Waals surface area contributed by atoms with Crippen LogP contribution in [0.1, 0.15) is 17.2 Å². The SMILES string of the molecule is CNC(c1ccc(F)cc1I)c1c(F)cc(OC)cc1F. The van der Waals surface area contributed by atoms with E-state index in [1.807, 2.05) is 22.6 Å². The van der Waals surface area contributed by atoms with Gasteiger partial charge in [-0.1, -0.05) is 6.07 Å². The van der Waals surface area contributed by atoms with Crippen LogP contribution in [0.2, 0.25) is 0 Å². The van der Waals surface area contributed by atoms with Gasteiger partial charge in [-0.2, -0.15) is 0 Å². The lowest BCUT2D eigenvalue weighted by Crippen LogP contribution is -2.21. The van der Waals surface area contributed by atoms with E-state index in [1.165, 1.54) is 25.3 Å². The smallest absolute Gasteiger partial charge is 0.134 e. The molecule has 0 saturated carbocycles. The number of hydrogen-bond acceptors (Lipinski definition) is 2. The Bertz CT molecular complexity index is 640. The molecule has 0 aliphatic rings. The zero-order valence-electron chi connectivity index (χ0n) is 11.4. The van der Waals surface area contributed by atoms with Crippen LogP contribution in [0.5, 0.6) is 5.75 Å². The molecule has 0 radical (unpaired) electrons. The topological polar surface area (TPSA) is 21.3 Å². The van der Waals surface area contributed by atoms with E-state index in [-0.39, 0.29) is 11.3 Å². The summed E-state index contributed by atoms with van der Waals surface area (Å²) in [5.74, 6) is -1.72. The molecule has 2 nitrogen and oxygen atoms in total. The van der Waals surface area contributed by atoms with E-state index >= 15 is 0 Å². The van der Waals surface area contributed by atoms with Gasteiger partial charge in [0.1, 0.15) is 23.2 Å². The van der Waals surface area contributed by atoms with E-state index < -0.39 is 23.5 Å². The van der Waals surface area contributed by atoms with E-state index in [4.69, 9.17) is 4.74 Å². The maximum absolute atomic E-state index is 14.2. The van der Waals surface area contributed by atoms with Gasteiger partial charge in [0.15, 0.2) is 0 Å². The Morgan fingerprint density at radius 2 is 1.71 bits per heavy atom. The van der Waals surface area contributed by atoms with Crippen molar-refractivity contribution in [1.82, 2.24) is 5.32 Å². The lowest BCUT2D eigenvalue weighted by molar-refractivity contribution is 0.403. The summed E-state index contributed by atoms with van der Waals surface area (Å²) in [5, 5.41) is 2.87. The molecular weight excluding hydrogens is 394 g/mol. The summed E-state index contributed by atoms with van der Waals surface area (Å²) < 4.78 is 47.0. The first kappa shape index (κ1) is 16.1. The van der Waals surface area contributed by atoms with Crippen molar-refractivity contribution in [2.75, 3.05) is 14.2 Å². The number of methoxy groups -OCH3 is 1. The molecule has 0 bridgehead atoms. The Labute approximate surface area is 134 Å². The van der Waals surface area contributed by atoms with Gasteiger partial charge in [-0.25, -0.2) is 13.2 Å². The highest BCUT2D eigenvalue weighted by molar-refractivity contribution is 14.1. The second-order valence-corrected chi connectivity index (χ2v) is 5.55. The van der Waals surface area contributed by atoms with Crippen LogP contribution in [0.4, 0.5) is 13.2 Å². The number of nitrogens with one attached hydrogen (secondary N) is 1. The molecular formula is C15H13F3INO. The average molecular weight is 407 g/mol. The highest BCUT2D eigenvalue weighted by atomic mass is 127. The van der Waals surface area contributed by atoms with E-state index in [0.717, 1.165) is 12.1 Å². The van der Waals surface area contributed by atoms with Crippen LogP contribution in [0.15, 0.2) is 30.3 Å². The van der Waals surface area contributed by atoms with Crippen molar-refractivity contribution in [1.29, 1.82) is 0 Å². The molecule has 0 amide bonds. The zero-order chi connectivity index (χ0) is 15.6. The van der Waals surface area contributed by atoms with E-state index in [1.54, 1.807) is 7.05 Å². The van der Waals surface area contributed by atoms with Gasteiger partial charge in [-0.3, -0.25) is 0 Å². The van der Waals surface area contributed by atoms with Crippen molar-refractivity contribution in [2.45, 2.75) is 6.04 Å². The molecule has 0 aromatic heterocycles. The third kappa shape index (κ3) is 3.32. The zero-order valence-corrected chi connectivity index (χ0v) is 13.5. The quantitative estimate of drug-likeness (QED) is 0.774. The Morgan fingerprint density at radius 1 is 1.10 bits per heavy atom. The number of hydrogen-bond donors (Lipinski definition) is 1. The standard InChI is InChI=1S/C15H13F3INO/c1-20-15(10-4-3-8(16)5-13(10)19)14-11(17)6-9(21-2)7-12(14)18/h3-7,15,20H,1-2H3. The van der Waals surface area contributed by atoms with E-state index in [0.29, 0.717) is 9.13 Å². The largest absolute Gasteiger partial charge is 0.497 e. The third-order valence-corrected chi connectivity index (χ3v) is 4.07. The van der Waals surface area contributed by atoms with Gasteiger partial charge in [0, 0.05) is 21.3 Å². The summed E-state index contributed by atoms with van der Waals surface area (Å²) in [6, 6.07) is 5.63. The molecule has 1 N–H and O–H groups in total. The molecule has 1 atom stereocenters. The van der Waals surface area contributed by atoms with Gasteiger partial charge in [0.05, 0.1) is 13.2 Å². The van der Waals surface area contributed by atoms with Crippen LogP contribution in [0.25, 0.3) is 0 Å². The van der Waals surface area contributed by atoms with Crippen LogP contribution in [-0.2, 0) is 0 Å². The Morgan fingerprint density at radius 3 is 2.19 bits per heavy atom. The van der Waals surface area contributed by atoms with E-state index in [2.05, 4.69) is 5.32 Å². The van der Waals surface area contributed by atoms with Gasteiger partial charge in [0.25, 0.3) is 0 Å². The molecule has 6 heteroatoms. The van der Waals surface area contributed by atoms with Crippen LogP contribution >= 0.6 is 22.6 Å². The van der Waals surface area contributed by atoms with Gasteiger partial charge in [0.2, 0.25) is 0 Å². The predicted octanol–water partition coefficient (Wildman–Crippen LogP) is 4.03. The maximum Gasteiger partial charge on any atom is 0.134 e. The highest BCUT2D eigenvalue weighted by Crippen LogP contribution is 2.32. The van der Waals surface area contributed by atoms with Gasteiger partial charge in [-0.05, 0) is 47.3 Å². The average Bonchev–Trinajstić information content (AvgIpc) is 2.43. The summed E-state index contributed by atoms with van der Waals surface area (Å²) in [7, 11) is 2.93. The van der Waals surface area contributed by atoms with Gasteiger partial charge >= 0.3 is 0 Å². The minimum atomic E-state index is -0.719. The molecule has 0 heterocycles. The summed E-state index contributed by atoms with van der Waals surface area (Å²) in [4.78, 5) is 0. The molecule has 112 valence electrons. The molecule has 2 aromatic rings. The Kier molecular flexibility index (Phi) is 5.10. The monoisotopic (exact) mass is 407 g/mol. The minimum absolute atomic E-state index is 0.109. The summed E-state index contributed by atoms with van der Waals surface area (Å²) in [6.07, 6.45) is 0.